The average molecular weight is 377 g/mol. The van der Waals surface area contributed by atoms with E-state index in [0.29, 0.717) is 30.9 Å². The summed E-state index contributed by atoms with van der Waals surface area (Å²) in [7, 11) is 0. The Morgan fingerprint density at radius 1 is 1.23 bits per heavy atom. The van der Waals surface area contributed by atoms with Crippen LogP contribution in [0, 0.1) is 5.82 Å². The van der Waals surface area contributed by atoms with Crippen LogP contribution in [-0.2, 0) is 4.74 Å². The second kappa shape index (κ2) is 7.85. The molecule has 7 heteroatoms. The van der Waals surface area contributed by atoms with Gasteiger partial charge in [-0.2, -0.15) is 0 Å². The molecule has 136 valence electrons. The van der Waals surface area contributed by atoms with Crippen molar-refractivity contribution in [2.24, 2.45) is 0 Å². The van der Waals surface area contributed by atoms with Crippen LogP contribution in [0.25, 0.3) is 0 Å². The minimum atomic E-state index is -0.691. The third-order valence-electron chi connectivity index (χ3n) is 4.11. The van der Waals surface area contributed by atoms with Crippen molar-refractivity contribution in [3.63, 3.8) is 0 Å². The zero-order valence-electron chi connectivity index (χ0n) is 14.2. The zero-order valence-corrected chi connectivity index (χ0v) is 14.9. The minimum Gasteiger partial charge on any atom is -0.375 e. The molecule has 0 aromatic heterocycles. The highest BCUT2D eigenvalue weighted by Crippen LogP contribution is 2.21. The first kappa shape index (κ1) is 18.4. The number of halogens is 2. The van der Waals surface area contributed by atoms with E-state index in [0.717, 1.165) is 0 Å². The molecule has 0 aliphatic carbocycles. The first-order chi connectivity index (χ1) is 12.5. The third kappa shape index (κ3) is 4.03. The van der Waals surface area contributed by atoms with Gasteiger partial charge in [-0.05, 0) is 43.3 Å². The second-order valence-corrected chi connectivity index (χ2v) is 6.47. The molecule has 1 heterocycles. The standard InChI is InChI=1S/C19H18ClFN2O3/c1-12-11-23(9-10-26-12)19(25)13-5-7-14(8-6-13)22-18(24)17-15(20)3-2-4-16(17)21/h2-8,12H,9-11H2,1H3,(H,22,24). The molecular weight excluding hydrogens is 359 g/mol. The maximum absolute atomic E-state index is 13.8. The largest absolute Gasteiger partial charge is 0.375 e. The van der Waals surface area contributed by atoms with Gasteiger partial charge in [-0.3, -0.25) is 9.59 Å². The Morgan fingerprint density at radius 3 is 2.62 bits per heavy atom. The number of amides is 2. The van der Waals surface area contributed by atoms with Crippen molar-refractivity contribution in [1.29, 1.82) is 0 Å². The van der Waals surface area contributed by atoms with Gasteiger partial charge in [-0.1, -0.05) is 17.7 Å². The van der Waals surface area contributed by atoms with E-state index in [9.17, 15) is 14.0 Å². The van der Waals surface area contributed by atoms with Gasteiger partial charge in [-0.25, -0.2) is 4.39 Å². The van der Waals surface area contributed by atoms with Crippen LogP contribution >= 0.6 is 11.6 Å². The third-order valence-corrected chi connectivity index (χ3v) is 4.42. The number of hydrogen-bond acceptors (Lipinski definition) is 3. The van der Waals surface area contributed by atoms with Gasteiger partial charge in [0, 0.05) is 24.3 Å². The van der Waals surface area contributed by atoms with Crippen LogP contribution in [0.2, 0.25) is 5.02 Å². The predicted octanol–water partition coefficient (Wildman–Crippen LogP) is 3.59. The lowest BCUT2D eigenvalue weighted by atomic mass is 10.1. The number of carbonyl (C=O) groups excluding carboxylic acids is 2. The van der Waals surface area contributed by atoms with E-state index in [2.05, 4.69) is 5.32 Å². The van der Waals surface area contributed by atoms with Gasteiger partial charge in [0.25, 0.3) is 11.8 Å². The summed E-state index contributed by atoms with van der Waals surface area (Å²) in [5.41, 5.74) is 0.749. The van der Waals surface area contributed by atoms with E-state index in [1.807, 2.05) is 6.92 Å². The number of rotatable bonds is 3. The fraction of sp³-hybridized carbons (Fsp3) is 0.263. The Bertz CT molecular complexity index is 806. The average Bonchev–Trinajstić information content (AvgIpc) is 2.61. The fourth-order valence-electron chi connectivity index (χ4n) is 2.79. The molecule has 0 saturated carbocycles. The van der Waals surface area contributed by atoms with E-state index in [1.54, 1.807) is 29.2 Å². The molecule has 0 spiro atoms. The van der Waals surface area contributed by atoms with Crippen LogP contribution in [0.1, 0.15) is 27.6 Å². The normalized spacial score (nSPS) is 17.0. The van der Waals surface area contributed by atoms with Crippen LogP contribution in [-0.4, -0.2) is 42.5 Å². The summed E-state index contributed by atoms with van der Waals surface area (Å²) < 4.78 is 19.2. The Kier molecular flexibility index (Phi) is 5.54. The summed E-state index contributed by atoms with van der Waals surface area (Å²) in [6.45, 7) is 3.53. The number of nitrogens with one attached hydrogen (secondary N) is 1. The van der Waals surface area contributed by atoms with Gasteiger partial charge in [0.15, 0.2) is 0 Å². The lowest BCUT2D eigenvalue weighted by molar-refractivity contribution is -0.0124. The van der Waals surface area contributed by atoms with Crippen molar-refractivity contribution >= 4 is 29.1 Å². The number of anilines is 1. The number of ether oxygens (including phenoxy) is 1. The number of morpholine rings is 1. The Hall–Kier alpha value is -2.44. The molecule has 0 radical (unpaired) electrons. The Morgan fingerprint density at radius 2 is 1.96 bits per heavy atom. The van der Waals surface area contributed by atoms with E-state index in [1.165, 1.54) is 18.2 Å². The van der Waals surface area contributed by atoms with Gasteiger partial charge in [-0.15, -0.1) is 0 Å². The van der Waals surface area contributed by atoms with Crippen LogP contribution in [0.5, 0.6) is 0 Å². The van der Waals surface area contributed by atoms with E-state index >= 15 is 0 Å². The molecule has 1 aliphatic heterocycles. The summed E-state index contributed by atoms with van der Waals surface area (Å²) >= 11 is 5.89. The molecular formula is C19H18ClFN2O3. The van der Waals surface area contributed by atoms with E-state index in [-0.39, 0.29) is 22.6 Å². The zero-order chi connectivity index (χ0) is 18.7. The minimum absolute atomic E-state index is 0.0109. The molecule has 1 fully saturated rings. The predicted molar refractivity (Wildman–Crippen MR) is 97.1 cm³/mol. The molecule has 2 amide bonds. The Balaban J connectivity index is 1.70. The van der Waals surface area contributed by atoms with Gasteiger partial charge in [0.2, 0.25) is 0 Å². The van der Waals surface area contributed by atoms with Crippen LogP contribution in [0.4, 0.5) is 10.1 Å². The highest BCUT2D eigenvalue weighted by molar-refractivity contribution is 6.34. The number of benzene rings is 2. The van der Waals surface area contributed by atoms with Crippen molar-refractivity contribution < 1.29 is 18.7 Å². The van der Waals surface area contributed by atoms with Gasteiger partial charge < -0.3 is 15.0 Å². The van der Waals surface area contributed by atoms with Crippen molar-refractivity contribution in [2.75, 3.05) is 25.0 Å². The first-order valence-corrected chi connectivity index (χ1v) is 8.60. The lowest BCUT2D eigenvalue weighted by Crippen LogP contribution is -2.44. The monoisotopic (exact) mass is 376 g/mol. The molecule has 1 N–H and O–H groups in total. The molecule has 2 aromatic rings. The van der Waals surface area contributed by atoms with E-state index < -0.39 is 11.7 Å². The summed E-state index contributed by atoms with van der Waals surface area (Å²) in [5.74, 6) is -1.42. The van der Waals surface area contributed by atoms with Crippen molar-refractivity contribution in [2.45, 2.75) is 13.0 Å². The van der Waals surface area contributed by atoms with E-state index in [4.69, 9.17) is 16.3 Å². The smallest absolute Gasteiger partial charge is 0.260 e. The Labute approximate surface area is 155 Å². The maximum Gasteiger partial charge on any atom is 0.260 e. The van der Waals surface area contributed by atoms with Crippen LogP contribution in [0.3, 0.4) is 0 Å². The van der Waals surface area contributed by atoms with Crippen molar-refractivity contribution in [3.05, 3.63) is 64.4 Å². The number of nitrogens with zero attached hydrogens (tertiary/aromatic N) is 1. The van der Waals surface area contributed by atoms with Gasteiger partial charge >= 0.3 is 0 Å². The topological polar surface area (TPSA) is 58.6 Å². The fourth-order valence-corrected chi connectivity index (χ4v) is 3.04. The van der Waals surface area contributed by atoms with Gasteiger partial charge in [0.1, 0.15) is 5.82 Å². The molecule has 1 unspecified atom stereocenters. The summed E-state index contributed by atoms with van der Waals surface area (Å²) in [4.78, 5) is 26.5. The van der Waals surface area contributed by atoms with Crippen molar-refractivity contribution in [3.8, 4) is 0 Å². The molecule has 5 nitrogen and oxygen atoms in total. The quantitative estimate of drug-likeness (QED) is 0.890. The molecule has 1 aliphatic rings. The number of carbonyl (C=O) groups is 2. The highest BCUT2D eigenvalue weighted by Gasteiger charge is 2.22. The van der Waals surface area contributed by atoms with Crippen LogP contribution < -0.4 is 5.32 Å². The first-order valence-electron chi connectivity index (χ1n) is 8.22. The summed E-state index contributed by atoms with van der Waals surface area (Å²) in [6.07, 6.45) is 0.0109. The molecule has 26 heavy (non-hydrogen) atoms. The maximum atomic E-state index is 13.8. The second-order valence-electron chi connectivity index (χ2n) is 6.06. The summed E-state index contributed by atoms with van der Waals surface area (Å²) in [5, 5.41) is 2.62. The SMILES string of the molecule is CC1CN(C(=O)c2ccc(NC(=O)c3c(F)cccc3Cl)cc2)CCO1. The molecule has 1 saturated heterocycles. The summed E-state index contributed by atoms with van der Waals surface area (Å²) in [6, 6.07) is 10.5. The molecule has 0 bridgehead atoms. The van der Waals surface area contributed by atoms with Crippen LogP contribution in [0.15, 0.2) is 42.5 Å². The lowest BCUT2D eigenvalue weighted by Gasteiger charge is -2.31. The molecule has 1 atom stereocenters. The van der Waals surface area contributed by atoms with Crippen molar-refractivity contribution in [1.82, 2.24) is 4.90 Å². The molecule has 3 rings (SSSR count). The molecule has 2 aromatic carbocycles. The number of hydrogen-bond donors (Lipinski definition) is 1. The van der Waals surface area contributed by atoms with Gasteiger partial charge in [0.05, 0.1) is 23.3 Å². The highest BCUT2D eigenvalue weighted by atomic mass is 35.5.